The Bertz CT molecular complexity index is 756. The Morgan fingerprint density at radius 2 is 2.39 bits per heavy atom. The van der Waals surface area contributed by atoms with Crippen molar-refractivity contribution in [1.29, 1.82) is 0 Å². The molecule has 1 aliphatic rings. The third-order valence-corrected chi connectivity index (χ3v) is 4.01. The van der Waals surface area contributed by atoms with E-state index in [1.165, 1.54) is 11.1 Å². The number of pyridine rings is 1. The Balaban J connectivity index is 1.94. The van der Waals surface area contributed by atoms with Crippen LogP contribution in [0.3, 0.4) is 0 Å². The maximum atomic E-state index is 11.2. The molecule has 23 heavy (non-hydrogen) atoms. The minimum Gasteiger partial charge on any atom is -0.465 e. The quantitative estimate of drug-likeness (QED) is 0.249. The fraction of sp³-hybridized carbons (Fsp3) is 0.357. The monoisotopic (exact) mass is 318 g/mol. The van der Waals surface area contributed by atoms with Crippen molar-refractivity contribution in [2.75, 3.05) is 18.4 Å². The van der Waals surface area contributed by atoms with Crippen molar-refractivity contribution in [3.63, 3.8) is 0 Å². The van der Waals surface area contributed by atoms with E-state index in [1.54, 1.807) is 6.20 Å². The third-order valence-electron chi connectivity index (χ3n) is 4.01. The molecule has 2 aromatic heterocycles. The molecule has 3 rings (SSSR count). The smallest absolute Gasteiger partial charge is 0.407 e. The summed E-state index contributed by atoms with van der Waals surface area (Å²) in [5.74, 6) is -0.0472. The van der Waals surface area contributed by atoms with Crippen LogP contribution in [0.15, 0.2) is 23.6 Å². The topological polar surface area (TPSA) is 140 Å². The average Bonchev–Trinajstić information content (AvgIpc) is 3.03. The lowest BCUT2D eigenvalue weighted by Gasteiger charge is -2.32. The summed E-state index contributed by atoms with van der Waals surface area (Å²) in [4.78, 5) is 19.8. The molecule has 1 fully saturated rings. The molecule has 0 aliphatic carbocycles. The van der Waals surface area contributed by atoms with Gasteiger partial charge in [0.2, 0.25) is 0 Å². The molecule has 9 nitrogen and oxygen atoms in total. The summed E-state index contributed by atoms with van der Waals surface area (Å²) in [6.07, 6.45) is 3.98. The first-order valence-corrected chi connectivity index (χ1v) is 7.28. The normalized spacial score (nSPS) is 19.0. The summed E-state index contributed by atoms with van der Waals surface area (Å²) in [7, 11) is 0. The van der Waals surface area contributed by atoms with Crippen molar-refractivity contribution in [2.24, 2.45) is 10.9 Å². The van der Waals surface area contributed by atoms with Crippen LogP contribution in [0.2, 0.25) is 0 Å². The molecule has 6 N–H and O–H groups in total. The number of nitrogens with two attached hydrogens (primary N) is 1. The van der Waals surface area contributed by atoms with E-state index in [0.29, 0.717) is 30.0 Å². The van der Waals surface area contributed by atoms with Crippen molar-refractivity contribution < 1.29 is 15.1 Å². The average molecular weight is 318 g/mol. The highest BCUT2D eigenvalue weighted by Gasteiger charge is 2.25. The molecule has 0 spiro atoms. The fourth-order valence-corrected chi connectivity index (χ4v) is 2.88. The van der Waals surface area contributed by atoms with Gasteiger partial charge in [0.05, 0.1) is 11.3 Å². The molecule has 9 heteroatoms. The van der Waals surface area contributed by atoms with Crippen LogP contribution in [0.25, 0.3) is 11.0 Å². The molecule has 0 aromatic carbocycles. The first-order chi connectivity index (χ1) is 11.1. The van der Waals surface area contributed by atoms with Gasteiger partial charge >= 0.3 is 6.09 Å². The largest absolute Gasteiger partial charge is 0.465 e. The number of likely N-dealkylation sites (tertiary alicyclic amines) is 1. The summed E-state index contributed by atoms with van der Waals surface area (Å²) in [5.41, 5.74) is 7.58. The number of hydrogen-bond acceptors (Lipinski definition) is 5. The molecule has 0 radical (unpaired) electrons. The number of carboxylic acid groups (broad SMARTS) is 1. The minimum absolute atomic E-state index is 0.0472. The number of rotatable bonds is 3. The highest BCUT2D eigenvalue weighted by atomic mass is 16.4. The maximum absolute atomic E-state index is 11.2. The van der Waals surface area contributed by atoms with Gasteiger partial charge in [-0.2, -0.15) is 0 Å². The van der Waals surface area contributed by atoms with Crippen LogP contribution in [0.5, 0.6) is 0 Å². The number of oxime groups is 1. The van der Waals surface area contributed by atoms with Crippen LogP contribution in [-0.2, 0) is 0 Å². The molecule has 1 amide bonds. The number of H-pyrrole nitrogens is 1. The highest BCUT2D eigenvalue weighted by Crippen LogP contribution is 2.27. The molecular weight excluding hydrogens is 300 g/mol. The first kappa shape index (κ1) is 14.9. The number of carbonyl (C=O) groups is 1. The van der Waals surface area contributed by atoms with E-state index in [1.807, 2.05) is 6.07 Å². The summed E-state index contributed by atoms with van der Waals surface area (Å²) in [5, 5.41) is 25.3. The van der Waals surface area contributed by atoms with Gasteiger partial charge in [-0.3, -0.25) is 0 Å². The molecule has 1 unspecified atom stereocenters. The van der Waals surface area contributed by atoms with Gasteiger partial charge in [-0.1, -0.05) is 5.16 Å². The van der Waals surface area contributed by atoms with Crippen LogP contribution in [-0.4, -0.2) is 56.2 Å². The van der Waals surface area contributed by atoms with Crippen LogP contribution in [0.4, 0.5) is 10.5 Å². The van der Waals surface area contributed by atoms with Gasteiger partial charge in [-0.15, -0.1) is 0 Å². The number of amides is 1. The lowest BCUT2D eigenvalue weighted by Crippen LogP contribution is -2.44. The number of nitrogens with zero attached hydrogens (tertiary/aromatic N) is 3. The minimum atomic E-state index is -0.922. The van der Waals surface area contributed by atoms with Crippen molar-refractivity contribution in [3.8, 4) is 0 Å². The molecule has 1 saturated heterocycles. The van der Waals surface area contributed by atoms with Crippen LogP contribution >= 0.6 is 0 Å². The summed E-state index contributed by atoms with van der Waals surface area (Å²) in [6, 6.07) is 1.79. The van der Waals surface area contributed by atoms with E-state index in [-0.39, 0.29) is 11.9 Å². The number of hydrogen-bond donors (Lipinski definition) is 5. The van der Waals surface area contributed by atoms with Gasteiger partial charge in [-0.25, -0.2) is 9.78 Å². The van der Waals surface area contributed by atoms with Crippen molar-refractivity contribution in [1.82, 2.24) is 14.9 Å². The Hall–Kier alpha value is -2.97. The third kappa shape index (κ3) is 2.85. The summed E-state index contributed by atoms with van der Waals surface area (Å²) < 4.78 is 0. The standard InChI is InChI=1S/C14H18N6O3/c15-12(19-23)10-6-17-13-9(3-4-16-13)11(10)18-8-2-1-5-20(7-8)14(21)22/h3-4,6,8,23H,1-2,5,7H2,(H2,15,19)(H,21,22)(H2,16,17,18). The number of nitrogens with one attached hydrogen (secondary N) is 2. The van der Waals surface area contributed by atoms with Crippen LogP contribution in [0, 0.1) is 0 Å². The van der Waals surface area contributed by atoms with Gasteiger partial charge in [0, 0.05) is 36.9 Å². The van der Waals surface area contributed by atoms with E-state index in [4.69, 9.17) is 16.0 Å². The second kappa shape index (κ2) is 6.03. The van der Waals surface area contributed by atoms with E-state index in [9.17, 15) is 4.79 Å². The Kier molecular flexibility index (Phi) is 3.92. The van der Waals surface area contributed by atoms with Crippen LogP contribution in [0.1, 0.15) is 18.4 Å². The molecule has 0 saturated carbocycles. The number of aromatic nitrogens is 2. The van der Waals surface area contributed by atoms with E-state index in [0.717, 1.165) is 18.2 Å². The molecule has 2 aromatic rings. The van der Waals surface area contributed by atoms with Gasteiger partial charge < -0.3 is 31.2 Å². The predicted octanol–water partition coefficient (Wildman–Crippen LogP) is 1.21. The lowest BCUT2D eigenvalue weighted by atomic mass is 10.0. The zero-order valence-electron chi connectivity index (χ0n) is 12.4. The number of anilines is 1. The second-order valence-electron chi connectivity index (χ2n) is 5.48. The van der Waals surface area contributed by atoms with Gasteiger partial charge in [0.15, 0.2) is 5.84 Å². The van der Waals surface area contributed by atoms with Crippen molar-refractivity contribution >= 4 is 28.6 Å². The molecular formula is C14H18N6O3. The van der Waals surface area contributed by atoms with E-state index >= 15 is 0 Å². The number of fused-ring (bicyclic) bond motifs is 1. The van der Waals surface area contributed by atoms with Gasteiger partial charge in [0.1, 0.15) is 5.65 Å². The Labute approximate surface area is 131 Å². The number of amidine groups is 1. The Morgan fingerprint density at radius 3 is 3.13 bits per heavy atom. The molecule has 122 valence electrons. The summed E-state index contributed by atoms with van der Waals surface area (Å²) >= 11 is 0. The summed E-state index contributed by atoms with van der Waals surface area (Å²) in [6.45, 7) is 0.926. The molecule has 3 heterocycles. The predicted molar refractivity (Wildman–Crippen MR) is 84.8 cm³/mol. The first-order valence-electron chi connectivity index (χ1n) is 7.28. The van der Waals surface area contributed by atoms with Crippen molar-refractivity contribution in [2.45, 2.75) is 18.9 Å². The zero-order valence-corrected chi connectivity index (χ0v) is 12.4. The SMILES string of the molecule is N/C(=N\O)c1cnc2[nH]ccc2c1NC1CCCN(C(=O)O)C1. The van der Waals surface area contributed by atoms with Crippen LogP contribution < -0.4 is 11.1 Å². The molecule has 1 aliphatic heterocycles. The number of aromatic amines is 1. The highest BCUT2D eigenvalue weighted by molar-refractivity contribution is 6.08. The molecule has 1 atom stereocenters. The van der Waals surface area contributed by atoms with E-state index in [2.05, 4.69) is 20.4 Å². The van der Waals surface area contributed by atoms with Gasteiger partial charge in [-0.05, 0) is 18.9 Å². The van der Waals surface area contributed by atoms with Crippen molar-refractivity contribution in [3.05, 3.63) is 24.0 Å². The van der Waals surface area contributed by atoms with E-state index < -0.39 is 6.09 Å². The van der Waals surface area contributed by atoms with Gasteiger partial charge in [0.25, 0.3) is 0 Å². The zero-order chi connectivity index (χ0) is 16.4. The number of piperidine rings is 1. The fourth-order valence-electron chi connectivity index (χ4n) is 2.88. The lowest BCUT2D eigenvalue weighted by molar-refractivity contribution is 0.133. The Morgan fingerprint density at radius 1 is 1.57 bits per heavy atom. The second-order valence-corrected chi connectivity index (χ2v) is 5.48. The molecule has 0 bridgehead atoms. The maximum Gasteiger partial charge on any atom is 0.407 e.